The maximum absolute atomic E-state index is 3.77. The minimum Gasteiger partial charge on any atom is -0.312 e. The molecule has 0 bridgehead atoms. The fourth-order valence-electron chi connectivity index (χ4n) is 3.14. The van der Waals surface area contributed by atoms with Crippen LogP contribution in [0.1, 0.15) is 32.8 Å². The van der Waals surface area contributed by atoms with Crippen LogP contribution in [0.5, 0.6) is 0 Å². The van der Waals surface area contributed by atoms with Gasteiger partial charge in [-0.25, -0.2) is 0 Å². The maximum atomic E-state index is 3.77. The second-order valence-corrected chi connectivity index (χ2v) is 7.65. The molecule has 1 fully saturated rings. The van der Waals surface area contributed by atoms with Gasteiger partial charge >= 0.3 is 0 Å². The van der Waals surface area contributed by atoms with E-state index in [1.54, 1.807) is 0 Å². The second kappa shape index (κ2) is 6.73. The minimum absolute atomic E-state index is 0.366. The Morgan fingerprint density at radius 3 is 2.50 bits per heavy atom. The van der Waals surface area contributed by atoms with Crippen molar-refractivity contribution >= 4 is 0 Å². The Morgan fingerprint density at radius 1 is 1.15 bits per heavy atom. The van der Waals surface area contributed by atoms with Gasteiger partial charge in [-0.05, 0) is 36.8 Å². The van der Waals surface area contributed by atoms with Crippen molar-refractivity contribution in [1.29, 1.82) is 0 Å². The molecule has 0 spiro atoms. The van der Waals surface area contributed by atoms with Crippen LogP contribution >= 0.6 is 0 Å². The van der Waals surface area contributed by atoms with Crippen molar-refractivity contribution < 1.29 is 0 Å². The quantitative estimate of drug-likeness (QED) is 0.907. The molecule has 1 N–H and O–H groups in total. The molecule has 1 heterocycles. The van der Waals surface area contributed by atoms with Gasteiger partial charge in [-0.15, -0.1) is 0 Å². The number of likely N-dealkylation sites (tertiary alicyclic amines) is 1. The van der Waals surface area contributed by atoms with Gasteiger partial charge in [0, 0.05) is 25.7 Å². The van der Waals surface area contributed by atoms with E-state index in [2.05, 4.69) is 68.4 Å². The number of piperidine rings is 1. The monoisotopic (exact) mass is 274 g/mol. The molecule has 112 valence electrons. The summed E-state index contributed by atoms with van der Waals surface area (Å²) in [4.78, 5) is 2.48. The van der Waals surface area contributed by atoms with E-state index in [9.17, 15) is 0 Å². The zero-order valence-corrected chi connectivity index (χ0v) is 13.5. The highest BCUT2D eigenvalue weighted by atomic mass is 15.1. The average Bonchev–Trinajstić information content (AvgIpc) is 2.36. The summed E-state index contributed by atoms with van der Waals surface area (Å²) in [5, 5.41) is 3.77. The van der Waals surface area contributed by atoms with Crippen LogP contribution in [0.25, 0.3) is 0 Å². The maximum Gasteiger partial charge on any atom is 0.0198 e. The third kappa shape index (κ3) is 5.26. The van der Waals surface area contributed by atoms with E-state index in [-0.39, 0.29) is 0 Å². The van der Waals surface area contributed by atoms with Crippen LogP contribution in [0.2, 0.25) is 0 Å². The van der Waals surface area contributed by atoms with Crippen molar-refractivity contribution in [2.24, 2.45) is 11.3 Å². The molecule has 0 saturated carbocycles. The van der Waals surface area contributed by atoms with Crippen LogP contribution in [-0.2, 0) is 6.42 Å². The summed E-state index contributed by atoms with van der Waals surface area (Å²) >= 11 is 0. The van der Waals surface area contributed by atoms with E-state index in [0.29, 0.717) is 11.5 Å². The van der Waals surface area contributed by atoms with Crippen LogP contribution in [0, 0.1) is 11.3 Å². The second-order valence-electron chi connectivity index (χ2n) is 7.65. The van der Waals surface area contributed by atoms with E-state index < -0.39 is 0 Å². The van der Waals surface area contributed by atoms with Crippen molar-refractivity contribution in [3.8, 4) is 0 Å². The third-order valence-electron chi connectivity index (χ3n) is 4.01. The SMILES string of the molecule is CN1CC(Cc2ccccc2)CC(NCC(C)(C)C)C1. The molecule has 2 atom stereocenters. The predicted octanol–water partition coefficient (Wildman–Crippen LogP) is 3.19. The zero-order chi connectivity index (χ0) is 14.6. The summed E-state index contributed by atoms with van der Waals surface area (Å²) in [6.45, 7) is 10.4. The molecule has 0 radical (unpaired) electrons. The first kappa shape index (κ1) is 15.5. The number of likely N-dealkylation sites (N-methyl/N-ethyl adjacent to an activating group) is 1. The van der Waals surface area contributed by atoms with Crippen LogP contribution in [-0.4, -0.2) is 37.6 Å². The van der Waals surface area contributed by atoms with Gasteiger partial charge < -0.3 is 10.2 Å². The van der Waals surface area contributed by atoms with E-state index in [1.807, 2.05) is 0 Å². The van der Waals surface area contributed by atoms with E-state index in [4.69, 9.17) is 0 Å². The molecular weight excluding hydrogens is 244 g/mol. The summed E-state index contributed by atoms with van der Waals surface area (Å²) in [5.41, 5.74) is 1.84. The Morgan fingerprint density at radius 2 is 1.85 bits per heavy atom. The highest BCUT2D eigenvalue weighted by Gasteiger charge is 2.26. The Labute approximate surface area is 124 Å². The molecule has 1 aliphatic heterocycles. The van der Waals surface area contributed by atoms with Crippen molar-refractivity contribution in [3.05, 3.63) is 35.9 Å². The van der Waals surface area contributed by atoms with Crippen molar-refractivity contribution in [2.45, 2.75) is 39.7 Å². The molecule has 1 aliphatic rings. The summed E-state index contributed by atoms with van der Waals surface area (Å²) in [6.07, 6.45) is 2.51. The topological polar surface area (TPSA) is 15.3 Å². The van der Waals surface area contributed by atoms with Gasteiger partial charge in [-0.1, -0.05) is 51.1 Å². The molecule has 20 heavy (non-hydrogen) atoms. The molecule has 1 aromatic rings. The molecule has 1 saturated heterocycles. The molecule has 2 unspecified atom stereocenters. The summed E-state index contributed by atoms with van der Waals surface area (Å²) in [5.74, 6) is 0.772. The van der Waals surface area contributed by atoms with E-state index in [1.165, 1.54) is 31.5 Å². The number of hydrogen-bond acceptors (Lipinski definition) is 2. The first-order valence-corrected chi connectivity index (χ1v) is 7.88. The van der Waals surface area contributed by atoms with Gasteiger partial charge in [0.15, 0.2) is 0 Å². The molecule has 0 amide bonds. The van der Waals surface area contributed by atoms with Gasteiger partial charge in [0.05, 0.1) is 0 Å². The van der Waals surface area contributed by atoms with Gasteiger partial charge in [0.1, 0.15) is 0 Å². The highest BCUT2D eigenvalue weighted by molar-refractivity contribution is 5.15. The lowest BCUT2D eigenvalue weighted by atomic mass is 9.88. The first-order chi connectivity index (χ1) is 9.42. The number of hydrogen-bond donors (Lipinski definition) is 1. The number of nitrogens with zero attached hydrogens (tertiary/aromatic N) is 1. The molecular formula is C18H30N2. The zero-order valence-electron chi connectivity index (χ0n) is 13.5. The molecule has 2 heteroatoms. The summed E-state index contributed by atoms with van der Waals surface area (Å²) < 4.78 is 0. The predicted molar refractivity (Wildman–Crippen MR) is 87.0 cm³/mol. The number of nitrogens with one attached hydrogen (secondary N) is 1. The molecule has 0 aliphatic carbocycles. The minimum atomic E-state index is 0.366. The third-order valence-corrected chi connectivity index (χ3v) is 4.01. The average molecular weight is 274 g/mol. The van der Waals surface area contributed by atoms with Crippen LogP contribution in [0.15, 0.2) is 30.3 Å². The highest BCUT2D eigenvalue weighted by Crippen LogP contribution is 2.21. The fourth-order valence-corrected chi connectivity index (χ4v) is 3.14. The van der Waals surface area contributed by atoms with Crippen LogP contribution in [0.4, 0.5) is 0 Å². The standard InChI is InChI=1S/C18H30N2/c1-18(2,3)14-19-17-11-16(12-20(4)13-17)10-15-8-6-5-7-9-15/h5-9,16-17,19H,10-14H2,1-4H3. The Hall–Kier alpha value is -0.860. The largest absolute Gasteiger partial charge is 0.312 e. The van der Waals surface area contributed by atoms with E-state index >= 15 is 0 Å². The summed E-state index contributed by atoms with van der Waals surface area (Å²) in [7, 11) is 2.25. The summed E-state index contributed by atoms with van der Waals surface area (Å²) in [6, 6.07) is 11.6. The first-order valence-electron chi connectivity index (χ1n) is 7.88. The van der Waals surface area contributed by atoms with Gasteiger partial charge in [0.2, 0.25) is 0 Å². The lowest BCUT2D eigenvalue weighted by Gasteiger charge is -2.37. The normalized spacial score (nSPS) is 24.8. The molecule has 0 aromatic heterocycles. The van der Waals surface area contributed by atoms with Gasteiger partial charge in [0.25, 0.3) is 0 Å². The van der Waals surface area contributed by atoms with Gasteiger partial charge in [-0.2, -0.15) is 0 Å². The molecule has 1 aromatic carbocycles. The van der Waals surface area contributed by atoms with Crippen LogP contribution in [0.3, 0.4) is 0 Å². The Balaban J connectivity index is 1.88. The lowest BCUT2D eigenvalue weighted by molar-refractivity contribution is 0.161. The Kier molecular flexibility index (Phi) is 5.22. The van der Waals surface area contributed by atoms with Crippen molar-refractivity contribution in [3.63, 3.8) is 0 Å². The lowest BCUT2D eigenvalue weighted by Crippen LogP contribution is -2.49. The smallest absolute Gasteiger partial charge is 0.0198 e. The Bertz CT molecular complexity index is 394. The molecule has 2 nitrogen and oxygen atoms in total. The number of rotatable bonds is 4. The molecule has 2 rings (SSSR count). The van der Waals surface area contributed by atoms with E-state index in [0.717, 1.165) is 12.5 Å². The number of benzene rings is 1. The van der Waals surface area contributed by atoms with Crippen molar-refractivity contribution in [2.75, 3.05) is 26.7 Å². The fraction of sp³-hybridized carbons (Fsp3) is 0.667. The van der Waals surface area contributed by atoms with Crippen molar-refractivity contribution in [1.82, 2.24) is 10.2 Å². The van der Waals surface area contributed by atoms with Gasteiger partial charge in [-0.3, -0.25) is 0 Å². The van der Waals surface area contributed by atoms with Crippen LogP contribution < -0.4 is 5.32 Å².